The van der Waals surface area contributed by atoms with Crippen molar-refractivity contribution in [1.82, 2.24) is 0 Å². The van der Waals surface area contributed by atoms with Gasteiger partial charge in [0.25, 0.3) is 0 Å². The molecule has 0 saturated heterocycles. The van der Waals surface area contributed by atoms with Gasteiger partial charge >= 0.3 is 0 Å². The zero-order valence-corrected chi connectivity index (χ0v) is 8.29. The van der Waals surface area contributed by atoms with Gasteiger partial charge in [-0.3, -0.25) is 0 Å². The van der Waals surface area contributed by atoms with Crippen LogP contribution in [0.15, 0.2) is 31.4 Å². The van der Waals surface area contributed by atoms with Gasteiger partial charge in [0.15, 0.2) is 0 Å². The van der Waals surface area contributed by atoms with Crippen molar-refractivity contribution >= 4 is 17.8 Å². The first-order chi connectivity index (χ1) is 6.83. The lowest BCUT2D eigenvalue weighted by atomic mass is 10.1. The minimum Gasteiger partial charge on any atom is -0.383 e. The van der Waals surface area contributed by atoms with E-state index in [2.05, 4.69) is 18.5 Å². The molecular formula is C12H16N2. The van der Waals surface area contributed by atoms with Crippen LogP contribution in [0.3, 0.4) is 0 Å². The predicted octanol–water partition coefficient (Wildman–Crippen LogP) is 2.34. The third-order valence-electron chi connectivity index (χ3n) is 2.02. The molecule has 0 fully saturated rings. The molecule has 74 valence electrons. The molecule has 1 aromatic rings. The zero-order valence-electron chi connectivity index (χ0n) is 8.29. The van der Waals surface area contributed by atoms with Gasteiger partial charge in [0.05, 0.1) is 0 Å². The Labute approximate surface area is 85.1 Å². The molecule has 1 aromatic carbocycles. The molecule has 1 rings (SSSR count). The summed E-state index contributed by atoms with van der Waals surface area (Å²) in [7, 11) is 0. The fourth-order valence-electron chi connectivity index (χ4n) is 1.35. The highest BCUT2D eigenvalue weighted by molar-refractivity contribution is 5.74. The Bertz CT molecular complexity index is 329. The molecule has 0 spiro atoms. The standard InChI is InChI=1S/C12H16N2/c1-3-10-6-5-7-12(11(10)4-2)14-9-8-13/h3-7,14H,1-2,8-9,13H2. The van der Waals surface area contributed by atoms with E-state index in [0.29, 0.717) is 6.54 Å². The van der Waals surface area contributed by atoms with Crippen LogP contribution in [-0.2, 0) is 0 Å². The molecule has 0 aliphatic rings. The van der Waals surface area contributed by atoms with E-state index in [1.54, 1.807) is 0 Å². The van der Waals surface area contributed by atoms with Crippen LogP contribution >= 0.6 is 0 Å². The number of nitrogens with two attached hydrogens (primary N) is 1. The second-order valence-corrected chi connectivity index (χ2v) is 2.93. The number of nitrogens with one attached hydrogen (secondary N) is 1. The zero-order chi connectivity index (χ0) is 10.4. The van der Waals surface area contributed by atoms with Crippen LogP contribution in [0.25, 0.3) is 12.2 Å². The molecule has 2 heteroatoms. The van der Waals surface area contributed by atoms with E-state index in [-0.39, 0.29) is 0 Å². The van der Waals surface area contributed by atoms with Crippen LogP contribution in [0, 0.1) is 0 Å². The smallest absolute Gasteiger partial charge is 0.0420 e. The number of rotatable bonds is 5. The lowest BCUT2D eigenvalue weighted by Gasteiger charge is -2.10. The number of hydrogen-bond acceptors (Lipinski definition) is 2. The third-order valence-corrected chi connectivity index (χ3v) is 2.02. The molecule has 0 amide bonds. The maximum Gasteiger partial charge on any atom is 0.0420 e. The maximum absolute atomic E-state index is 5.43. The van der Waals surface area contributed by atoms with E-state index >= 15 is 0 Å². The average Bonchev–Trinajstić information content (AvgIpc) is 2.25. The summed E-state index contributed by atoms with van der Waals surface area (Å²) in [5.41, 5.74) is 8.65. The molecule has 0 unspecified atom stereocenters. The van der Waals surface area contributed by atoms with E-state index in [0.717, 1.165) is 23.4 Å². The molecule has 0 heterocycles. The molecule has 2 nitrogen and oxygen atoms in total. The van der Waals surface area contributed by atoms with Gasteiger partial charge in [-0.2, -0.15) is 0 Å². The summed E-state index contributed by atoms with van der Waals surface area (Å²) in [6.07, 6.45) is 3.65. The Kier molecular flexibility index (Phi) is 3.95. The Morgan fingerprint density at radius 1 is 1.29 bits per heavy atom. The second-order valence-electron chi connectivity index (χ2n) is 2.93. The summed E-state index contributed by atoms with van der Waals surface area (Å²) in [5.74, 6) is 0. The van der Waals surface area contributed by atoms with Crippen LogP contribution in [0.5, 0.6) is 0 Å². The largest absolute Gasteiger partial charge is 0.383 e. The van der Waals surface area contributed by atoms with Crippen LogP contribution in [0.1, 0.15) is 11.1 Å². The van der Waals surface area contributed by atoms with Crippen molar-refractivity contribution in [2.45, 2.75) is 0 Å². The second kappa shape index (κ2) is 5.25. The molecule has 0 aliphatic heterocycles. The van der Waals surface area contributed by atoms with Crippen LogP contribution in [-0.4, -0.2) is 13.1 Å². The van der Waals surface area contributed by atoms with Gasteiger partial charge in [-0.1, -0.05) is 37.4 Å². The number of anilines is 1. The van der Waals surface area contributed by atoms with Crippen molar-refractivity contribution < 1.29 is 0 Å². The summed E-state index contributed by atoms with van der Waals surface area (Å²) in [6, 6.07) is 6.01. The summed E-state index contributed by atoms with van der Waals surface area (Å²) in [5, 5.41) is 3.24. The van der Waals surface area contributed by atoms with E-state index in [1.807, 2.05) is 30.4 Å². The number of benzene rings is 1. The van der Waals surface area contributed by atoms with Crippen LogP contribution < -0.4 is 11.1 Å². The van der Waals surface area contributed by atoms with Gasteiger partial charge < -0.3 is 11.1 Å². The van der Waals surface area contributed by atoms with E-state index in [4.69, 9.17) is 5.73 Å². The molecule has 3 N–H and O–H groups in total. The molecule has 14 heavy (non-hydrogen) atoms. The predicted molar refractivity (Wildman–Crippen MR) is 64.2 cm³/mol. The molecule has 0 aliphatic carbocycles. The van der Waals surface area contributed by atoms with Crippen molar-refractivity contribution in [2.24, 2.45) is 5.73 Å². The van der Waals surface area contributed by atoms with Crippen molar-refractivity contribution in [2.75, 3.05) is 18.4 Å². The monoisotopic (exact) mass is 188 g/mol. The van der Waals surface area contributed by atoms with E-state index in [9.17, 15) is 0 Å². The van der Waals surface area contributed by atoms with Crippen molar-refractivity contribution in [1.29, 1.82) is 0 Å². The van der Waals surface area contributed by atoms with E-state index in [1.165, 1.54) is 0 Å². The molecule has 0 atom stereocenters. The summed E-state index contributed by atoms with van der Waals surface area (Å²) >= 11 is 0. The van der Waals surface area contributed by atoms with Gasteiger partial charge in [0.2, 0.25) is 0 Å². The van der Waals surface area contributed by atoms with Crippen molar-refractivity contribution in [3.63, 3.8) is 0 Å². The SMILES string of the molecule is C=Cc1cccc(NCCN)c1C=C. The van der Waals surface area contributed by atoms with Gasteiger partial charge in [-0.25, -0.2) is 0 Å². The fourth-order valence-corrected chi connectivity index (χ4v) is 1.35. The first-order valence-electron chi connectivity index (χ1n) is 4.65. The Hall–Kier alpha value is -1.54. The fraction of sp³-hybridized carbons (Fsp3) is 0.167. The highest BCUT2D eigenvalue weighted by atomic mass is 14.9. The normalized spacial score (nSPS) is 9.50. The third kappa shape index (κ3) is 2.24. The van der Waals surface area contributed by atoms with Crippen LogP contribution in [0.2, 0.25) is 0 Å². The minimum absolute atomic E-state index is 0.620. The Morgan fingerprint density at radius 3 is 2.64 bits per heavy atom. The molecule has 0 saturated carbocycles. The molecular weight excluding hydrogens is 172 g/mol. The Balaban J connectivity index is 3.02. The van der Waals surface area contributed by atoms with Gasteiger partial charge in [-0.15, -0.1) is 0 Å². The van der Waals surface area contributed by atoms with E-state index < -0.39 is 0 Å². The Morgan fingerprint density at radius 2 is 2.07 bits per heavy atom. The first kappa shape index (κ1) is 10.5. The summed E-state index contributed by atoms with van der Waals surface area (Å²) in [6.45, 7) is 8.94. The number of hydrogen-bond donors (Lipinski definition) is 2. The maximum atomic E-state index is 5.43. The van der Waals surface area contributed by atoms with Gasteiger partial charge in [0, 0.05) is 24.3 Å². The minimum atomic E-state index is 0.620. The highest BCUT2D eigenvalue weighted by Gasteiger charge is 2.01. The lowest BCUT2D eigenvalue weighted by molar-refractivity contribution is 1.02. The van der Waals surface area contributed by atoms with Crippen LogP contribution in [0.4, 0.5) is 5.69 Å². The quantitative estimate of drug-likeness (QED) is 0.744. The summed E-state index contributed by atoms with van der Waals surface area (Å²) < 4.78 is 0. The first-order valence-corrected chi connectivity index (χ1v) is 4.65. The van der Waals surface area contributed by atoms with Gasteiger partial charge in [-0.05, 0) is 11.6 Å². The molecule has 0 aromatic heterocycles. The van der Waals surface area contributed by atoms with Crippen molar-refractivity contribution in [3.8, 4) is 0 Å². The molecule has 0 radical (unpaired) electrons. The lowest BCUT2D eigenvalue weighted by Crippen LogP contribution is -2.13. The van der Waals surface area contributed by atoms with Gasteiger partial charge in [0.1, 0.15) is 0 Å². The highest BCUT2D eigenvalue weighted by Crippen LogP contribution is 2.21. The van der Waals surface area contributed by atoms with Crippen molar-refractivity contribution in [3.05, 3.63) is 42.5 Å². The topological polar surface area (TPSA) is 38.0 Å². The average molecular weight is 188 g/mol. The summed E-state index contributed by atoms with van der Waals surface area (Å²) in [4.78, 5) is 0. The molecule has 0 bridgehead atoms.